The average Bonchev–Trinajstić information content (AvgIpc) is 2.88. The first-order valence-corrected chi connectivity index (χ1v) is 11.5. The highest BCUT2D eigenvalue weighted by molar-refractivity contribution is 6.08. The van der Waals surface area contributed by atoms with Crippen LogP contribution in [-0.2, 0) is 6.54 Å². The number of nitrogens with zero attached hydrogens (tertiary/aromatic N) is 1. The van der Waals surface area contributed by atoms with E-state index in [1.165, 1.54) is 0 Å². The van der Waals surface area contributed by atoms with Crippen molar-refractivity contribution in [2.24, 2.45) is 0 Å². The van der Waals surface area contributed by atoms with Gasteiger partial charge >= 0.3 is 0 Å². The van der Waals surface area contributed by atoms with Crippen LogP contribution in [-0.4, -0.2) is 17.0 Å². The van der Waals surface area contributed by atoms with Gasteiger partial charge in [-0.3, -0.25) is 14.2 Å². The molecule has 2 N–H and O–H groups in total. The molecule has 172 valence electrons. The molecule has 0 radical (unpaired) electrons. The van der Waals surface area contributed by atoms with Crippen molar-refractivity contribution in [1.29, 1.82) is 0 Å². The minimum Gasteiger partial charge on any atom is -0.345 e. The van der Waals surface area contributed by atoms with E-state index in [4.69, 9.17) is 0 Å². The fourth-order valence-electron chi connectivity index (χ4n) is 4.30. The summed E-state index contributed by atoms with van der Waals surface area (Å²) in [5, 5.41) is 7.67. The summed E-state index contributed by atoms with van der Waals surface area (Å²) in [5.74, 6) is -0.202. The molecule has 5 heteroatoms. The normalized spacial score (nSPS) is 11.8. The number of hydrogen-bond acceptors (Lipinski definition) is 3. The Balaban J connectivity index is 1.92. The molecule has 1 aromatic heterocycles. The smallest absolute Gasteiger partial charge is 0.263 e. The van der Waals surface area contributed by atoms with Crippen molar-refractivity contribution in [2.45, 2.75) is 25.9 Å². The third-order valence-electron chi connectivity index (χ3n) is 5.93. The lowest BCUT2D eigenvalue weighted by Gasteiger charge is -2.22. The number of rotatable bonds is 9. The number of carbonyl (C=O) groups excluding carboxylic acids is 1. The maximum atomic E-state index is 13.9. The van der Waals surface area contributed by atoms with E-state index in [9.17, 15) is 9.59 Å². The fraction of sp³-hybridized carbons (Fsp3) is 0.172. The molecule has 0 saturated heterocycles. The lowest BCUT2D eigenvalue weighted by Crippen LogP contribution is -2.34. The van der Waals surface area contributed by atoms with Gasteiger partial charge in [-0.05, 0) is 30.2 Å². The molecule has 0 fully saturated rings. The molecule has 3 aromatic carbocycles. The summed E-state index contributed by atoms with van der Waals surface area (Å²) < 4.78 is 1.65. The summed E-state index contributed by atoms with van der Waals surface area (Å²) in [6.07, 6.45) is 2.50. The molecular weight excluding hydrogens is 422 g/mol. The van der Waals surface area contributed by atoms with Crippen LogP contribution in [0.2, 0.25) is 0 Å². The maximum Gasteiger partial charge on any atom is 0.263 e. The minimum absolute atomic E-state index is 0.140. The van der Waals surface area contributed by atoms with Gasteiger partial charge in [-0.2, -0.15) is 0 Å². The largest absolute Gasteiger partial charge is 0.345 e. The second-order valence-corrected chi connectivity index (χ2v) is 8.11. The summed E-state index contributed by atoms with van der Waals surface area (Å²) in [4.78, 5) is 27.5. The molecule has 4 aromatic rings. The van der Waals surface area contributed by atoms with Crippen molar-refractivity contribution >= 4 is 16.7 Å². The van der Waals surface area contributed by atoms with Crippen molar-refractivity contribution < 1.29 is 4.79 Å². The number of amides is 1. The second kappa shape index (κ2) is 10.8. The van der Waals surface area contributed by atoms with Gasteiger partial charge in [-0.25, -0.2) is 0 Å². The molecule has 0 aliphatic carbocycles. The van der Waals surface area contributed by atoms with E-state index in [0.717, 1.165) is 17.7 Å². The van der Waals surface area contributed by atoms with Crippen molar-refractivity contribution in [2.75, 3.05) is 6.54 Å². The zero-order valence-electron chi connectivity index (χ0n) is 19.3. The average molecular weight is 452 g/mol. The van der Waals surface area contributed by atoms with Gasteiger partial charge in [0.1, 0.15) is 0 Å². The molecule has 0 bridgehead atoms. The monoisotopic (exact) mass is 451 g/mol. The summed E-state index contributed by atoms with van der Waals surface area (Å²) in [5.41, 5.74) is 2.74. The van der Waals surface area contributed by atoms with E-state index >= 15 is 0 Å². The third kappa shape index (κ3) is 4.70. The van der Waals surface area contributed by atoms with Gasteiger partial charge in [-0.15, -0.1) is 6.58 Å². The second-order valence-electron chi connectivity index (χ2n) is 8.11. The lowest BCUT2D eigenvalue weighted by atomic mass is 9.99. The Labute approximate surface area is 199 Å². The number of benzene rings is 3. The molecular formula is C29H29N3O2. The van der Waals surface area contributed by atoms with Gasteiger partial charge in [0, 0.05) is 29.5 Å². The highest BCUT2D eigenvalue weighted by atomic mass is 16.2. The Morgan fingerprint density at radius 2 is 1.56 bits per heavy atom. The van der Waals surface area contributed by atoms with Gasteiger partial charge in [0.05, 0.1) is 17.3 Å². The van der Waals surface area contributed by atoms with E-state index < -0.39 is 0 Å². The molecule has 1 heterocycles. The highest BCUT2D eigenvalue weighted by Gasteiger charge is 2.24. The van der Waals surface area contributed by atoms with Gasteiger partial charge in [0.2, 0.25) is 0 Å². The zero-order chi connectivity index (χ0) is 23.9. The first-order chi connectivity index (χ1) is 16.7. The Morgan fingerprint density at radius 1 is 0.941 bits per heavy atom. The van der Waals surface area contributed by atoms with Crippen LogP contribution in [0.3, 0.4) is 0 Å². The number of carbonyl (C=O) groups is 1. The van der Waals surface area contributed by atoms with Crippen molar-refractivity contribution in [3.8, 4) is 5.69 Å². The van der Waals surface area contributed by atoms with Crippen LogP contribution in [0, 0.1) is 0 Å². The molecule has 0 aliphatic rings. The number of fused-ring (bicyclic) bond motifs is 1. The highest BCUT2D eigenvalue weighted by Crippen LogP contribution is 2.25. The lowest BCUT2D eigenvalue weighted by molar-refractivity contribution is 0.0935. The van der Waals surface area contributed by atoms with E-state index in [2.05, 4.69) is 17.2 Å². The van der Waals surface area contributed by atoms with Gasteiger partial charge in [0.25, 0.3) is 11.5 Å². The summed E-state index contributed by atoms with van der Waals surface area (Å²) in [6, 6.07) is 26.6. The summed E-state index contributed by atoms with van der Waals surface area (Å²) >= 11 is 0. The summed E-state index contributed by atoms with van der Waals surface area (Å²) in [7, 11) is 0. The van der Waals surface area contributed by atoms with Crippen molar-refractivity contribution in [3.63, 3.8) is 0 Å². The Morgan fingerprint density at radius 3 is 2.21 bits per heavy atom. The molecule has 34 heavy (non-hydrogen) atoms. The van der Waals surface area contributed by atoms with E-state index in [1.807, 2.05) is 85.8 Å². The number of aromatic nitrogens is 1. The number of para-hydroxylation sites is 1. The van der Waals surface area contributed by atoms with E-state index in [1.54, 1.807) is 16.7 Å². The molecule has 1 atom stereocenters. The Bertz CT molecular complexity index is 1340. The maximum absolute atomic E-state index is 13.9. The fourth-order valence-corrected chi connectivity index (χ4v) is 4.30. The van der Waals surface area contributed by atoms with Crippen LogP contribution in [0.15, 0.2) is 102 Å². The van der Waals surface area contributed by atoms with Crippen LogP contribution in [0.4, 0.5) is 0 Å². The standard InChI is InChI=1S/C29H29N3O2/c1-3-19-30-20-26-27(28(33)31-25(4-2)21-13-7-5-8-14-21)23-17-11-12-18-24(23)29(34)32(26)22-15-9-6-10-16-22/h3,5-18,25,30H,1,4,19-20H2,2H3,(H,31,33)/t25-/m0/s1. The van der Waals surface area contributed by atoms with Gasteiger partial charge in [0.15, 0.2) is 0 Å². The van der Waals surface area contributed by atoms with Crippen molar-refractivity contribution in [1.82, 2.24) is 15.2 Å². The van der Waals surface area contributed by atoms with Crippen LogP contribution >= 0.6 is 0 Å². The summed E-state index contributed by atoms with van der Waals surface area (Å²) in [6.45, 7) is 6.71. The molecule has 0 saturated carbocycles. The number of nitrogens with one attached hydrogen (secondary N) is 2. The van der Waals surface area contributed by atoms with Crippen LogP contribution in [0.25, 0.3) is 16.5 Å². The molecule has 0 unspecified atom stereocenters. The topological polar surface area (TPSA) is 63.1 Å². The minimum atomic E-state index is -0.202. The molecule has 4 rings (SSSR count). The first-order valence-electron chi connectivity index (χ1n) is 11.5. The Kier molecular flexibility index (Phi) is 7.35. The predicted molar refractivity (Wildman–Crippen MR) is 138 cm³/mol. The molecule has 0 aliphatic heterocycles. The third-order valence-corrected chi connectivity index (χ3v) is 5.93. The van der Waals surface area contributed by atoms with Crippen LogP contribution in [0.5, 0.6) is 0 Å². The number of hydrogen-bond donors (Lipinski definition) is 2. The Hall–Kier alpha value is -3.96. The predicted octanol–water partition coefficient (Wildman–Crippen LogP) is 5.15. The number of pyridine rings is 1. The molecule has 0 spiro atoms. The van der Waals surface area contributed by atoms with Gasteiger partial charge in [-0.1, -0.05) is 79.7 Å². The molecule has 5 nitrogen and oxygen atoms in total. The quantitative estimate of drug-likeness (QED) is 0.273. The van der Waals surface area contributed by atoms with Crippen molar-refractivity contribution in [3.05, 3.63) is 125 Å². The van der Waals surface area contributed by atoms with Gasteiger partial charge < -0.3 is 10.6 Å². The SMILES string of the molecule is C=CCNCc1c(C(=O)N[C@@H](CC)c2ccccc2)c2ccccc2c(=O)n1-c1ccccc1. The van der Waals surface area contributed by atoms with Crippen LogP contribution in [0.1, 0.15) is 41.0 Å². The zero-order valence-corrected chi connectivity index (χ0v) is 19.3. The van der Waals surface area contributed by atoms with E-state index in [-0.39, 0.29) is 17.5 Å². The molecule has 1 amide bonds. The van der Waals surface area contributed by atoms with E-state index in [0.29, 0.717) is 35.1 Å². The van der Waals surface area contributed by atoms with Crippen LogP contribution < -0.4 is 16.2 Å². The first kappa shape index (κ1) is 23.2.